The van der Waals surface area contributed by atoms with E-state index in [1.165, 1.54) is 6.42 Å². The minimum atomic E-state index is -0.253. The normalized spacial score (nSPS) is 23.8. The summed E-state index contributed by atoms with van der Waals surface area (Å²) in [4.78, 5) is 10.8. The van der Waals surface area contributed by atoms with E-state index in [0.29, 0.717) is 0 Å². The number of nitrogens with zero attached hydrogens (tertiary/aromatic N) is 3. The van der Waals surface area contributed by atoms with Crippen LogP contribution in [0.2, 0.25) is 0 Å². The van der Waals surface area contributed by atoms with E-state index in [2.05, 4.69) is 20.2 Å². The summed E-state index contributed by atoms with van der Waals surface area (Å²) in [6, 6.07) is 2.09. The molecule has 0 saturated heterocycles. The second-order valence-electron chi connectivity index (χ2n) is 4.94. The molecule has 2 unspecified atom stereocenters. The Morgan fingerprint density at radius 2 is 2.06 bits per heavy atom. The largest absolute Gasteiger partial charge is 0.391 e. The smallest absolute Gasteiger partial charge is 0.134 e. The molecule has 1 aromatic rings. The molecule has 0 aliphatic heterocycles. The van der Waals surface area contributed by atoms with Crippen molar-refractivity contribution in [1.29, 1.82) is 0 Å². The zero-order chi connectivity index (χ0) is 13.1. The maximum absolute atomic E-state index is 10.1. The summed E-state index contributed by atoms with van der Waals surface area (Å²) in [5.41, 5.74) is 0. The number of aliphatic hydroxyl groups is 1. The number of hydrogen-bond donors (Lipinski definition) is 2. The summed E-state index contributed by atoms with van der Waals surface area (Å²) in [6.07, 6.45) is 3.95. The molecule has 2 atom stereocenters. The number of aromatic nitrogens is 2. The van der Waals surface area contributed by atoms with Crippen LogP contribution in [0.5, 0.6) is 0 Å². The van der Waals surface area contributed by atoms with Gasteiger partial charge in [-0.2, -0.15) is 0 Å². The fraction of sp³-hybridized carbons (Fsp3) is 0.692. The van der Waals surface area contributed by atoms with Crippen LogP contribution < -0.4 is 10.2 Å². The molecule has 1 aliphatic rings. The average Bonchev–Trinajstić information content (AvgIpc) is 2.37. The molecule has 1 fully saturated rings. The first kappa shape index (κ1) is 13.1. The van der Waals surface area contributed by atoms with Crippen molar-refractivity contribution < 1.29 is 5.11 Å². The van der Waals surface area contributed by atoms with Crippen LogP contribution in [0.4, 0.5) is 11.6 Å². The van der Waals surface area contributed by atoms with Crippen LogP contribution in [0.25, 0.3) is 0 Å². The SMILES string of the molecule is CNc1cc(N(C)C2CCCCC2O)nc(C)n1. The summed E-state index contributed by atoms with van der Waals surface area (Å²) in [5.74, 6) is 2.43. The molecule has 2 rings (SSSR count). The maximum Gasteiger partial charge on any atom is 0.134 e. The van der Waals surface area contributed by atoms with E-state index in [1.54, 1.807) is 0 Å². The van der Waals surface area contributed by atoms with Crippen molar-refractivity contribution in [1.82, 2.24) is 9.97 Å². The first-order valence-electron chi connectivity index (χ1n) is 6.56. The van der Waals surface area contributed by atoms with Crippen molar-refractivity contribution in [3.05, 3.63) is 11.9 Å². The van der Waals surface area contributed by atoms with E-state index < -0.39 is 0 Å². The molecule has 0 amide bonds. The van der Waals surface area contributed by atoms with Gasteiger partial charge in [-0.3, -0.25) is 0 Å². The van der Waals surface area contributed by atoms with Crippen LogP contribution >= 0.6 is 0 Å². The van der Waals surface area contributed by atoms with Crippen LogP contribution in [0.3, 0.4) is 0 Å². The second-order valence-corrected chi connectivity index (χ2v) is 4.94. The highest BCUT2D eigenvalue weighted by Gasteiger charge is 2.27. The standard InChI is InChI=1S/C13H22N4O/c1-9-15-12(14-2)8-13(16-9)17(3)10-6-4-5-7-11(10)18/h8,10-11,18H,4-7H2,1-3H3,(H,14,15,16). The summed E-state index contributed by atoms with van der Waals surface area (Å²) in [6.45, 7) is 1.88. The summed E-state index contributed by atoms with van der Waals surface area (Å²) in [5, 5.41) is 13.1. The first-order valence-corrected chi connectivity index (χ1v) is 6.56. The Labute approximate surface area is 108 Å². The Kier molecular flexibility index (Phi) is 4.01. The molecule has 5 nitrogen and oxygen atoms in total. The maximum atomic E-state index is 10.1. The lowest BCUT2D eigenvalue weighted by Gasteiger charge is -2.36. The predicted octanol–water partition coefficient (Wildman–Crippen LogP) is 1.57. The molecule has 1 aromatic heterocycles. The third-order valence-electron chi connectivity index (χ3n) is 3.63. The van der Waals surface area contributed by atoms with E-state index in [1.807, 2.05) is 27.1 Å². The van der Waals surface area contributed by atoms with Crippen LogP contribution in [0.15, 0.2) is 6.07 Å². The lowest BCUT2D eigenvalue weighted by molar-refractivity contribution is 0.106. The molecular formula is C13H22N4O. The quantitative estimate of drug-likeness (QED) is 0.852. The number of nitrogens with one attached hydrogen (secondary N) is 1. The van der Waals surface area contributed by atoms with Crippen LogP contribution in [-0.4, -0.2) is 41.3 Å². The number of anilines is 2. The van der Waals surface area contributed by atoms with Crippen molar-refractivity contribution in [2.75, 3.05) is 24.3 Å². The molecule has 1 heterocycles. The Hall–Kier alpha value is -1.36. The van der Waals surface area contributed by atoms with Crippen molar-refractivity contribution >= 4 is 11.6 Å². The average molecular weight is 250 g/mol. The molecule has 1 aliphatic carbocycles. The molecule has 0 radical (unpaired) electrons. The highest BCUT2D eigenvalue weighted by atomic mass is 16.3. The second kappa shape index (κ2) is 5.52. The van der Waals surface area contributed by atoms with Gasteiger partial charge in [0, 0.05) is 20.2 Å². The third-order valence-corrected chi connectivity index (χ3v) is 3.63. The molecule has 2 N–H and O–H groups in total. The minimum absolute atomic E-state index is 0.165. The topological polar surface area (TPSA) is 61.3 Å². The molecule has 0 aromatic carbocycles. The molecule has 1 saturated carbocycles. The monoisotopic (exact) mass is 250 g/mol. The molecule has 100 valence electrons. The van der Waals surface area contributed by atoms with E-state index in [-0.39, 0.29) is 12.1 Å². The van der Waals surface area contributed by atoms with Gasteiger partial charge < -0.3 is 15.3 Å². The Balaban J connectivity index is 2.21. The molecule has 0 spiro atoms. The highest BCUT2D eigenvalue weighted by molar-refractivity contribution is 5.49. The van der Waals surface area contributed by atoms with Crippen LogP contribution in [0, 0.1) is 6.92 Å². The van der Waals surface area contributed by atoms with Gasteiger partial charge in [0.1, 0.15) is 17.5 Å². The van der Waals surface area contributed by atoms with Crippen molar-refractivity contribution in [3.8, 4) is 0 Å². The van der Waals surface area contributed by atoms with Gasteiger partial charge in [0.05, 0.1) is 12.1 Å². The first-order chi connectivity index (χ1) is 8.61. The number of aliphatic hydroxyl groups excluding tert-OH is 1. The summed E-state index contributed by atoms with van der Waals surface area (Å²) >= 11 is 0. The summed E-state index contributed by atoms with van der Waals surface area (Å²) in [7, 11) is 3.85. The fourth-order valence-electron chi connectivity index (χ4n) is 2.57. The lowest BCUT2D eigenvalue weighted by atomic mass is 9.91. The van der Waals surface area contributed by atoms with Crippen molar-refractivity contribution in [3.63, 3.8) is 0 Å². The Bertz CT molecular complexity index is 410. The molecule has 0 bridgehead atoms. The van der Waals surface area contributed by atoms with Gasteiger partial charge >= 0.3 is 0 Å². The highest BCUT2D eigenvalue weighted by Crippen LogP contribution is 2.26. The van der Waals surface area contributed by atoms with Gasteiger partial charge in [-0.05, 0) is 19.8 Å². The van der Waals surface area contributed by atoms with Crippen LogP contribution in [-0.2, 0) is 0 Å². The lowest BCUT2D eigenvalue weighted by Crippen LogP contribution is -2.43. The predicted molar refractivity (Wildman–Crippen MR) is 73.0 cm³/mol. The Morgan fingerprint density at radius 3 is 2.72 bits per heavy atom. The molecule has 18 heavy (non-hydrogen) atoms. The van der Waals surface area contributed by atoms with E-state index in [9.17, 15) is 5.11 Å². The van der Waals surface area contributed by atoms with E-state index in [0.717, 1.165) is 36.7 Å². The van der Waals surface area contributed by atoms with E-state index in [4.69, 9.17) is 0 Å². The van der Waals surface area contributed by atoms with E-state index >= 15 is 0 Å². The number of rotatable bonds is 3. The minimum Gasteiger partial charge on any atom is -0.391 e. The van der Waals surface area contributed by atoms with Crippen LogP contribution in [0.1, 0.15) is 31.5 Å². The zero-order valence-corrected chi connectivity index (χ0v) is 11.3. The van der Waals surface area contributed by atoms with Gasteiger partial charge in [-0.15, -0.1) is 0 Å². The fourth-order valence-corrected chi connectivity index (χ4v) is 2.57. The number of likely N-dealkylation sites (N-methyl/N-ethyl adjacent to an activating group) is 1. The molecule has 5 heteroatoms. The number of aryl methyl sites for hydroxylation is 1. The number of hydrogen-bond acceptors (Lipinski definition) is 5. The molecular weight excluding hydrogens is 228 g/mol. The van der Waals surface area contributed by atoms with Crippen molar-refractivity contribution in [2.45, 2.75) is 44.8 Å². The van der Waals surface area contributed by atoms with Gasteiger partial charge in [0.2, 0.25) is 0 Å². The zero-order valence-electron chi connectivity index (χ0n) is 11.3. The van der Waals surface area contributed by atoms with Gasteiger partial charge in [-0.1, -0.05) is 12.8 Å². The van der Waals surface area contributed by atoms with Gasteiger partial charge in [0.15, 0.2) is 0 Å². The van der Waals surface area contributed by atoms with Crippen molar-refractivity contribution in [2.24, 2.45) is 0 Å². The van der Waals surface area contributed by atoms with Gasteiger partial charge in [-0.25, -0.2) is 9.97 Å². The Morgan fingerprint density at radius 1 is 1.33 bits per heavy atom. The van der Waals surface area contributed by atoms with Gasteiger partial charge in [0.25, 0.3) is 0 Å². The third kappa shape index (κ3) is 2.72. The summed E-state index contributed by atoms with van der Waals surface area (Å²) < 4.78 is 0.